The third kappa shape index (κ3) is 6.12. The number of β-amino-alcohol motifs (C(OH)–C–C–N with tert-alkyl or cyclic N) is 1. The van der Waals surface area contributed by atoms with E-state index in [1.165, 1.54) is 11.1 Å². The van der Waals surface area contributed by atoms with Crippen LogP contribution in [0.25, 0.3) is 27.9 Å². The summed E-state index contributed by atoms with van der Waals surface area (Å²) in [5.74, 6) is 0.899. The molecule has 6 heterocycles. The number of nitrogens with zero attached hydrogens (tertiary/aromatic N) is 8. The Bertz CT molecular complexity index is 1910. The quantitative estimate of drug-likeness (QED) is 0.256. The van der Waals surface area contributed by atoms with Crippen LogP contribution in [0.5, 0.6) is 0 Å². The molecule has 13 heteroatoms. The molecule has 0 aliphatic carbocycles. The minimum Gasteiger partial charge on any atom is -0.387 e. The highest BCUT2D eigenvalue weighted by atomic mass is 16.3. The van der Waals surface area contributed by atoms with Gasteiger partial charge in [-0.25, -0.2) is 4.98 Å². The Morgan fingerprint density at radius 2 is 1.82 bits per heavy atom. The van der Waals surface area contributed by atoms with E-state index in [4.69, 9.17) is 0 Å². The molecule has 3 N–H and O–H groups in total. The molecule has 3 saturated heterocycles. The van der Waals surface area contributed by atoms with E-state index in [2.05, 4.69) is 66.5 Å². The summed E-state index contributed by atoms with van der Waals surface area (Å²) in [6, 6.07) is 14.4. The first-order valence-electron chi connectivity index (χ1n) is 17.8. The fourth-order valence-electron chi connectivity index (χ4n) is 8.44. The predicted octanol–water partition coefficient (Wildman–Crippen LogP) is 2.59. The molecule has 2 aromatic carbocycles. The number of aryl methyl sites for hydroxylation is 1. The molecule has 0 bridgehead atoms. The second-order valence-electron chi connectivity index (χ2n) is 14.4. The number of anilines is 1. The van der Waals surface area contributed by atoms with Gasteiger partial charge in [0.15, 0.2) is 5.82 Å². The molecule has 1 spiro atoms. The Kier molecular flexibility index (Phi) is 8.75. The van der Waals surface area contributed by atoms with Crippen LogP contribution < -0.4 is 4.90 Å². The van der Waals surface area contributed by atoms with E-state index in [0.29, 0.717) is 39.3 Å². The number of fused-ring (bicyclic) bond motifs is 1. The maximum absolute atomic E-state index is 14.1. The normalized spacial score (nSPS) is 23.0. The number of carbonyl (C=O) groups excluding carboxylic acids is 2. The van der Waals surface area contributed by atoms with Crippen molar-refractivity contribution in [1.82, 2.24) is 39.7 Å². The summed E-state index contributed by atoms with van der Waals surface area (Å²) in [4.78, 5) is 38.4. The van der Waals surface area contributed by atoms with Crippen LogP contribution in [0.4, 0.5) is 5.69 Å². The van der Waals surface area contributed by atoms with E-state index >= 15 is 0 Å². The molecular formula is C37H45N9O4. The molecule has 2 atom stereocenters. The number of piperidine rings is 1. The standard InChI is InChI=1S/C37H45N9O4/c1-42-24-38-35(41-42)28-4-2-25(3-5-28)26-8-14-44(15-9-26)32(48)21-43-18-12-37(23-43)13-19-46(36(37)50)29-6-7-31-30(20-29)34(40-39-31)27-10-16-45(17-11-27)33(49)22-47/h2-8,20,24,27,32,47-48H,9-19,21-23H2,1H3,(H,39,40)/t32-,37-/m0/s1. The Hall–Kier alpha value is -4.43. The number of aromatic nitrogens is 5. The zero-order valence-corrected chi connectivity index (χ0v) is 28.5. The van der Waals surface area contributed by atoms with Gasteiger partial charge in [-0.2, -0.15) is 10.2 Å². The molecule has 4 aliphatic heterocycles. The number of aliphatic hydroxyl groups is 2. The van der Waals surface area contributed by atoms with Crippen LogP contribution in [0.15, 0.2) is 54.9 Å². The maximum Gasteiger partial charge on any atom is 0.248 e. The minimum atomic E-state index is -0.594. The highest BCUT2D eigenvalue weighted by Crippen LogP contribution is 2.43. The Balaban J connectivity index is 0.870. The van der Waals surface area contributed by atoms with Crippen LogP contribution in [-0.4, -0.2) is 127 Å². The van der Waals surface area contributed by atoms with Crippen molar-refractivity contribution in [2.24, 2.45) is 12.5 Å². The SMILES string of the molecule is Cn1cnc(-c2ccc(C3=CCN([C@@H](O)CN4CC[C@]5(CCN(c6ccc7n[nH]c(C8CCN(C(=O)CO)CC8)c7c6)C5=O)C4)CC3)cc2)n1. The molecule has 13 nitrogen and oxygen atoms in total. The Labute approximate surface area is 291 Å². The third-order valence-electron chi connectivity index (χ3n) is 11.4. The molecule has 262 valence electrons. The lowest BCUT2D eigenvalue weighted by atomic mass is 9.85. The number of hydrogen-bond donors (Lipinski definition) is 3. The fourth-order valence-corrected chi connectivity index (χ4v) is 8.44. The van der Waals surface area contributed by atoms with Crippen molar-refractivity contribution in [3.63, 3.8) is 0 Å². The molecule has 4 aromatic rings. The van der Waals surface area contributed by atoms with Crippen molar-refractivity contribution in [2.45, 2.75) is 44.2 Å². The van der Waals surface area contributed by atoms with Gasteiger partial charge in [-0.05, 0) is 68.0 Å². The molecule has 0 radical (unpaired) electrons. The number of hydrogen-bond acceptors (Lipinski definition) is 9. The molecule has 50 heavy (non-hydrogen) atoms. The second kappa shape index (κ2) is 13.4. The largest absolute Gasteiger partial charge is 0.387 e. The minimum absolute atomic E-state index is 0.171. The van der Waals surface area contributed by atoms with Crippen LogP contribution >= 0.6 is 0 Å². The number of rotatable bonds is 8. The first-order valence-corrected chi connectivity index (χ1v) is 17.8. The summed E-state index contributed by atoms with van der Waals surface area (Å²) in [5, 5.41) is 33.7. The lowest BCUT2D eigenvalue weighted by molar-refractivity contribution is -0.135. The number of aromatic amines is 1. The van der Waals surface area contributed by atoms with E-state index in [9.17, 15) is 19.8 Å². The molecular weight excluding hydrogens is 634 g/mol. The molecule has 0 unspecified atom stereocenters. The highest BCUT2D eigenvalue weighted by molar-refractivity contribution is 6.02. The van der Waals surface area contributed by atoms with Crippen LogP contribution in [0.1, 0.15) is 49.3 Å². The smallest absolute Gasteiger partial charge is 0.248 e. The van der Waals surface area contributed by atoms with Crippen LogP contribution in [-0.2, 0) is 16.6 Å². The molecule has 2 amide bonds. The van der Waals surface area contributed by atoms with Gasteiger partial charge in [0.05, 0.1) is 10.9 Å². The zero-order valence-electron chi connectivity index (χ0n) is 28.5. The van der Waals surface area contributed by atoms with Gasteiger partial charge < -0.3 is 20.0 Å². The van der Waals surface area contributed by atoms with Crippen LogP contribution in [0.3, 0.4) is 0 Å². The molecule has 3 fully saturated rings. The van der Waals surface area contributed by atoms with Gasteiger partial charge >= 0.3 is 0 Å². The fraction of sp³-hybridized carbons (Fsp3) is 0.486. The number of H-pyrrole nitrogens is 1. The van der Waals surface area contributed by atoms with Crippen LogP contribution in [0, 0.1) is 5.41 Å². The predicted molar refractivity (Wildman–Crippen MR) is 189 cm³/mol. The topological polar surface area (TPSA) is 147 Å². The van der Waals surface area contributed by atoms with Crippen molar-refractivity contribution in [3.05, 3.63) is 66.1 Å². The summed E-state index contributed by atoms with van der Waals surface area (Å²) in [6.45, 7) is 4.89. The average Bonchev–Trinajstić information content (AvgIpc) is 3.95. The lowest BCUT2D eigenvalue weighted by Crippen LogP contribution is -2.46. The Morgan fingerprint density at radius 1 is 1.04 bits per heavy atom. The summed E-state index contributed by atoms with van der Waals surface area (Å²) in [5.41, 5.74) is 5.85. The van der Waals surface area contributed by atoms with E-state index in [1.807, 2.05) is 24.1 Å². The molecule has 4 aliphatic rings. The Morgan fingerprint density at radius 3 is 2.54 bits per heavy atom. The number of likely N-dealkylation sites (tertiary alicyclic amines) is 2. The first-order chi connectivity index (χ1) is 24.3. The first kappa shape index (κ1) is 32.8. The molecule has 8 rings (SSSR count). The van der Waals surface area contributed by atoms with Crippen molar-refractivity contribution in [3.8, 4) is 11.4 Å². The van der Waals surface area contributed by atoms with Gasteiger partial charge in [-0.15, -0.1) is 0 Å². The van der Waals surface area contributed by atoms with E-state index in [0.717, 1.165) is 78.9 Å². The van der Waals surface area contributed by atoms with Gasteiger partial charge in [0.1, 0.15) is 19.2 Å². The molecule has 2 aromatic heterocycles. The van der Waals surface area contributed by atoms with E-state index in [-0.39, 0.29) is 17.7 Å². The third-order valence-corrected chi connectivity index (χ3v) is 11.4. The van der Waals surface area contributed by atoms with E-state index in [1.54, 1.807) is 15.9 Å². The lowest BCUT2D eigenvalue weighted by Gasteiger charge is -2.33. The number of carbonyl (C=O) groups is 2. The summed E-state index contributed by atoms with van der Waals surface area (Å²) < 4.78 is 1.70. The number of aliphatic hydroxyl groups excluding tert-OH is 2. The number of benzene rings is 2. The van der Waals surface area contributed by atoms with Crippen molar-refractivity contribution >= 4 is 34.0 Å². The second-order valence-corrected chi connectivity index (χ2v) is 14.4. The summed E-state index contributed by atoms with van der Waals surface area (Å²) in [6.07, 6.45) is 7.39. The number of amides is 2. The highest BCUT2D eigenvalue weighted by Gasteiger charge is 2.51. The summed E-state index contributed by atoms with van der Waals surface area (Å²) >= 11 is 0. The van der Waals surface area contributed by atoms with Gasteiger partial charge in [0.25, 0.3) is 0 Å². The maximum atomic E-state index is 14.1. The van der Waals surface area contributed by atoms with Gasteiger partial charge in [-0.3, -0.25) is 29.2 Å². The number of nitrogens with one attached hydrogen (secondary N) is 1. The van der Waals surface area contributed by atoms with Gasteiger partial charge in [-0.1, -0.05) is 30.3 Å². The van der Waals surface area contributed by atoms with Gasteiger partial charge in [0, 0.05) is 81.1 Å². The van der Waals surface area contributed by atoms with Gasteiger partial charge in [0.2, 0.25) is 11.8 Å². The monoisotopic (exact) mass is 679 g/mol. The molecule has 0 saturated carbocycles. The van der Waals surface area contributed by atoms with Crippen molar-refractivity contribution in [1.29, 1.82) is 0 Å². The van der Waals surface area contributed by atoms with Crippen molar-refractivity contribution < 1.29 is 19.8 Å². The van der Waals surface area contributed by atoms with Crippen molar-refractivity contribution in [2.75, 3.05) is 63.9 Å². The van der Waals surface area contributed by atoms with E-state index < -0.39 is 18.2 Å². The van der Waals surface area contributed by atoms with Crippen LogP contribution in [0.2, 0.25) is 0 Å². The summed E-state index contributed by atoms with van der Waals surface area (Å²) in [7, 11) is 1.86. The zero-order chi connectivity index (χ0) is 34.4. The average molecular weight is 680 g/mol.